The third-order valence-electron chi connectivity index (χ3n) is 3.38. The first kappa shape index (κ1) is 18.1. The molecule has 1 atom stereocenters. The van der Waals surface area contributed by atoms with Gasteiger partial charge in [0.2, 0.25) is 0 Å². The van der Waals surface area contributed by atoms with Gasteiger partial charge >= 0.3 is 8.25 Å². The van der Waals surface area contributed by atoms with E-state index >= 15 is 0 Å². The molecule has 1 unspecified atom stereocenters. The summed E-state index contributed by atoms with van der Waals surface area (Å²) in [6.07, 6.45) is 0.536. The van der Waals surface area contributed by atoms with Crippen molar-refractivity contribution in [3.05, 3.63) is 28.8 Å². The fraction of sp³-hybridized carbons (Fsp3) is 0.625. The van der Waals surface area contributed by atoms with Crippen molar-refractivity contribution in [3.8, 4) is 5.75 Å². The molecule has 1 aromatic carbocycles. The van der Waals surface area contributed by atoms with Crippen molar-refractivity contribution in [2.45, 2.75) is 58.8 Å². The van der Waals surface area contributed by atoms with Gasteiger partial charge in [-0.2, -0.15) is 0 Å². The Morgan fingerprint density at radius 3 is 1.81 bits per heavy atom. The molecule has 0 radical (unpaired) electrons. The van der Waals surface area contributed by atoms with E-state index < -0.39 is 8.25 Å². The van der Waals surface area contributed by atoms with Crippen molar-refractivity contribution < 1.29 is 19.1 Å². The number of benzene rings is 1. The van der Waals surface area contributed by atoms with Gasteiger partial charge < -0.3 is 5.11 Å². The molecule has 4 nitrogen and oxygen atoms in total. The Morgan fingerprint density at radius 1 is 1.05 bits per heavy atom. The van der Waals surface area contributed by atoms with E-state index in [0.29, 0.717) is 12.2 Å². The molecule has 1 rings (SSSR count). The van der Waals surface area contributed by atoms with Crippen molar-refractivity contribution >= 4 is 8.25 Å². The van der Waals surface area contributed by atoms with E-state index in [9.17, 15) is 9.67 Å². The van der Waals surface area contributed by atoms with E-state index in [0.717, 1.165) is 16.7 Å². The normalized spacial score (nSPS) is 13.4. The van der Waals surface area contributed by atoms with Crippen LogP contribution in [0.3, 0.4) is 0 Å². The van der Waals surface area contributed by atoms with Gasteiger partial charge in [-0.15, -0.1) is 9.42 Å². The van der Waals surface area contributed by atoms with Crippen LogP contribution in [0, 0.1) is 0 Å². The summed E-state index contributed by atoms with van der Waals surface area (Å²) in [6.45, 7) is 12.5. The molecule has 0 spiro atoms. The highest BCUT2D eigenvalue weighted by atomic mass is 31.1. The molecule has 2 N–H and O–H groups in total. The molecule has 0 aliphatic heterocycles. The second-order valence-corrected chi connectivity index (χ2v) is 8.09. The molecule has 0 saturated carbocycles. The van der Waals surface area contributed by atoms with Crippen LogP contribution >= 0.6 is 8.25 Å². The van der Waals surface area contributed by atoms with Crippen LogP contribution in [0.2, 0.25) is 0 Å². The molecule has 0 heterocycles. The van der Waals surface area contributed by atoms with E-state index in [1.54, 1.807) is 0 Å². The first-order valence-corrected chi connectivity index (χ1v) is 8.22. The number of hydrogen-bond donors (Lipinski definition) is 2. The lowest BCUT2D eigenvalue weighted by Crippen LogP contribution is -2.18. The summed E-state index contributed by atoms with van der Waals surface area (Å²) in [5.74, 6) is 0.341. The van der Waals surface area contributed by atoms with E-state index in [1.807, 2.05) is 12.1 Å². The van der Waals surface area contributed by atoms with Gasteiger partial charge in [-0.05, 0) is 27.5 Å². The Morgan fingerprint density at radius 2 is 1.48 bits per heavy atom. The highest BCUT2D eigenvalue weighted by Crippen LogP contribution is 2.39. The number of phenols is 1. The molecule has 5 heteroatoms. The highest BCUT2D eigenvalue weighted by Gasteiger charge is 2.26. The van der Waals surface area contributed by atoms with Crippen LogP contribution in [-0.2, 0) is 26.3 Å². The molecule has 0 aliphatic carbocycles. The maximum atomic E-state index is 10.6. The predicted octanol–water partition coefficient (Wildman–Crippen LogP) is 4.20. The van der Waals surface area contributed by atoms with Gasteiger partial charge in [0, 0.05) is 11.0 Å². The minimum Gasteiger partial charge on any atom is -0.507 e. The standard InChI is InChI=1S/C16H25O4P/c1-15(2,3)12-9-11(7-8-20-21(18)19)10-13(14(12)17)16(4,5)6/h9-10H,7-8H2,1-6H3,(H-,17,18,19)/p+1. The van der Waals surface area contributed by atoms with Gasteiger partial charge in [-0.25, -0.2) is 0 Å². The van der Waals surface area contributed by atoms with Gasteiger partial charge in [0.25, 0.3) is 0 Å². The Labute approximate surface area is 128 Å². The maximum absolute atomic E-state index is 10.6. The van der Waals surface area contributed by atoms with Crippen LogP contribution in [0.25, 0.3) is 0 Å². The first-order chi connectivity index (χ1) is 9.43. The molecule has 0 amide bonds. The number of phenolic OH excluding ortho intramolecular Hbond substituents is 1. The third-order valence-corrected chi connectivity index (χ3v) is 3.78. The lowest BCUT2D eigenvalue weighted by molar-refractivity contribution is 0.285. The fourth-order valence-corrected chi connectivity index (χ4v) is 2.47. The quantitative estimate of drug-likeness (QED) is 0.818. The van der Waals surface area contributed by atoms with Crippen molar-refractivity contribution in [2.24, 2.45) is 0 Å². The van der Waals surface area contributed by atoms with Crippen molar-refractivity contribution in [1.82, 2.24) is 0 Å². The Hall–Kier alpha value is -0.960. The molecule has 0 bridgehead atoms. The number of hydrogen-bond acceptors (Lipinski definition) is 3. The van der Waals surface area contributed by atoms with Crippen LogP contribution in [0.1, 0.15) is 58.2 Å². The van der Waals surface area contributed by atoms with Gasteiger partial charge in [0.1, 0.15) is 12.4 Å². The summed E-state index contributed by atoms with van der Waals surface area (Å²) in [5.41, 5.74) is 2.42. The molecule has 1 aromatic rings. The summed E-state index contributed by atoms with van der Waals surface area (Å²) in [5, 5.41) is 10.6. The van der Waals surface area contributed by atoms with E-state index in [4.69, 9.17) is 9.42 Å². The Bertz CT molecular complexity index is 489. The lowest BCUT2D eigenvalue weighted by atomic mass is 9.78. The van der Waals surface area contributed by atoms with Crippen LogP contribution in [-0.4, -0.2) is 16.6 Å². The SMILES string of the molecule is CC(C)(C)c1cc(CCO[P+](=O)O)cc(C(C)(C)C)c1O. The second kappa shape index (κ2) is 6.43. The second-order valence-electron chi connectivity index (χ2n) is 7.36. The minimum atomic E-state index is -2.56. The zero-order valence-corrected chi connectivity index (χ0v) is 14.6. The van der Waals surface area contributed by atoms with Gasteiger partial charge in [0.15, 0.2) is 0 Å². The summed E-state index contributed by atoms with van der Waals surface area (Å²) in [6, 6.07) is 3.91. The average molecular weight is 313 g/mol. The molecule has 0 aliphatic rings. The summed E-state index contributed by atoms with van der Waals surface area (Å²) < 4.78 is 15.3. The predicted molar refractivity (Wildman–Crippen MR) is 85.0 cm³/mol. The van der Waals surface area contributed by atoms with E-state index in [-0.39, 0.29) is 17.4 Å². The number of aromatic hydroxyl groups is 1. The summed E-state index contributed by atoms with van der Waals surface area (Å²) in [4.78, 5) is 8.69. The van der Waals surface area contributed by atoms with Crippen LogP contribution in [0.5, 0.6) is 5.75 Å². The average Bonchev–Trinajstić information content (AvgIpc) is 2.27. The Kier molecular flexibility index (Phi) is 5.54. The lowest BCUT2D eigenvalue weighted by Gasteiger charge is -2.28. The van der Waals surface area contributed by atoms with Crippen LogP contribution < -0.4 is 0 Å². The number of rotatable bonds is 4. The monoisotopic (exact) mass is 313 g/mol. The fourth-order valence-electron chi connectivity index (χ4n) is 2.22. The highest BCUT2D eigenvalue weighted by molar-refractivity contribution is 7.32. The molecule has 118 valence electrons. The molecule has 21 heavy (non-hydrogen) atoms. The van der Waals surface area contributed by atoms with Crippen LogP contribution in [0.15, 0.2) is 12.1 Å². The molecular weight excluding hydrogens is 287 g/mol. The van der Waals surface area contributed by atoms with Crippen molar-refractivity contribution in [3.63, 3.8) is 0 Å². The molecular formula is C16H26O4P+. The van der Waals surface area contributed by atoms with Gasteiger partial charge in [-0.1, -0.05) is 53.7 Å². The van der Waals surface area contributed by atoms with E-state index in [1.165, 1.54) is 0 Å². The van der Waals surface area contributed by atoms with Crippen molar-refractivity contribution in [2.75, 3.05) is 6.61 Å². The molecule has 0 fully saturated rings. The topological polar surface area (TPSA) is 66.8 Å². The van der Waals surface area contributed by atoms with E-state index in [2.05, 4.69) is 41.5 Å². The maximum Gasteiger partial charge on any atom is 0.694 e. The van der Waals surface area contributed by atoms with Gasteiger partial charge in [-0.3, -0.25) is 0 Å². The molecule has 0 saturated heterocycles. The summed E-state index contributed by atoms with van der Waals surface area (Å²) >= 11 is 0. The zero-order chi connectivity index (χ0) is 16.4. The zero-order valence-electron chi connectivity index (χ0n) is 13.7. The van der Waals surface area contributed by atoms with Crippen molar-refractivity contribution in [1.29, 1.82) is 0 Å². The smallest absolute Gasteiger partial charge is 0.507 e. The Balaban J connectivity index is 3.24. The first-order valence-electron chi connectivity index (χ1n) is 7.09. The third kappa shape index (κ3) is 5.06. The molecule has 0 aromatic heterocycles. The largest absolute Gasteiger partial charge is 0.694 e. The van der Waals surface area contributed by atoms with Gasteiger partial charge in [0.05, 0.1) is 0 Å². The summed E-state index contributed by atoms with van der Waals surface area (Å²) in [7, 11) is -2.56. The van der Waals surface area contributed by atoms with Crippen LogP contribution in [0.4, 0.5) is 0 Å². The minimum absolute atomic E-state index is 0.177.